The normalized spacial score (nSPS) is 14.2. The minimum Gasteiger partial charge on any atom is -0.466 e. The van der Waals surface area contributed by atoms with Crippen LogP contribution in [-0.4, -0.2) is 13.1 Å². The van der Waals surface area contributed by atoms with Gasteiger partial charge in [0.05, 0.1) is 18.2 Å². The van der Waals surface area contributed by atoms with Crippen molar-refractivity contribution in [1.82, 2.24) is 0 Å². The molecule has 1 aliphatic rings. The lowest BCUT2D eigenvalue weighted by atomic mass is 10.0. The van der Waals surface area contributed by atoms with Gasteiger partial charge in [-0.15, -0.1) is 11.3 Å². The van der Waals surface area contributed by atoms with Crippen molar-refractivity contribution in [3.8, 4) is 0 Å². The molecule has 1 aromatic carbocycles. The van der Waals surface area contributed by atoms with E-state index in [0.717, 1.165) is 22.6 Å². The third-order valence-corrected chi connectivity index (χ3v) is 4.55. The molecule has 3 rings (SSSR count). The lowest BCUT2D eigenvalue weighted by Gasteiger charge is -2.10. The molecule has 1 aliphatic carbocycles. The maximum atomic E-state index is 12.7. The van der Waals surface area contributed by atoms with E-state index in [-0.39, 0.29) is 0 Å². The van der Waals surface area contributed by atoms with E-state index in [2.05, 4.69) is 0 Å². The van der Waals surface area contributed by atoms with Gasteiger partial charge in [-0.2, -0.15) is 13.2 Å². The van der Waals surface area contributed by atoms with Crippen molar-refractivity contribution in [3.05, 3.63) is 62.9 Å². The van der Waals surface area contributed by atoms with Crippen LogP contribution in [0.4, 0.5) is 13.2 Å². The highest BCUT2D eigenvalue weighted by atomic mass is 32.1. The van der Waals surface area contributed by atoms with Gasteiger partial charge in [0.15, 0.2) is 0 Å². The van der Waals surface area contributed by atoms with Crippen LogP contribution in [0.15, 0.2) is 41.3 Å². The molecule has 6 heteroatoms. The Morgan fingerprint density at radius 1 is 1.18 bits per heavy atom. The topological polar surface area (TPSA) is 26.3 Å². The number of fused-ring (bicyclic) bond motifs is 1. The summed E-state index contributed by atoms with van der Waals surface area (Å²) in [6.07, 6.45) is -3.93. The van der Waals surface area contributed by atoms with Gasteiger partial charge >= 0.3 is 12.1 Å². The maximum Gasteiger partial charge on any atom is 0.416 e. The molecule has 0 unspecified atom stereocenters. The molecule has 0 atom stereocenters. The molecular formula is C16H11F3O2S. The molecule has 0 amide bonds. The number of methoxy groups -OCH3 is 1. The highest BCUT2D eigenvalue weighted by Crippen LogP contribution is 2.41. The van der Waals surface area contributed by atoms with Crippen LogP contribution in [0.2, 0.25) is 0 Å². The lowest BCUT2D eigenvalue weighted by Crippen LogP contribution is -2.07. The van der Waals surface area contributed by atoms with E-state index in [0.29, 0.717) is 23.1 Å². The first-order chi connectivity index (χ1) is 10.4. The van der Waals surface area contributed by atoms with Crippen LogP contribution in [0, 0.1) is 0 Å². The molecular weight excluding hydrogens is 313 g/mol. The van der Waals surface area contributed by atoms with Crippen LogP contribution < -0.4 is 0 Å². The van der Waals surface area contributed by atoms with Crippen molar-refractivity contribution >= 4 is 22.9 Å². The number of ether oxygens (including phenoxy) is 1. The van der Waals surface area contributed by atoms with Gasteiger partial charge in [-0.3, -0.25) is 0 Å². The second-order valence-electron chi connectivity index (χ2n) is 4.87. The number of halogens is 3. The minimum absolute atomic E-state index is 0.446. The summed E-state index contributed by atoms with van der Waals surface area (Å²) in [5.74, 6) is -0.446. The number of rotatable bonds is 2. The molecule has 0 bridgehead atoms. The average Bonchev–Trinajstić information content (AvgIpc) is 3.06. The SMILES string of the molecule is COC(=O)C1=C(c2ccc(C(F)(F)F)cc2)c2sccc2C1. The Balaban J connectivity index is 2.09. The Morgan fingerprint density at radius 3 is 2.45 bits per heavy atom. The number of hydrogen-bond acceptors (Lipinski definition) is 3. The number of alkyl halides is 3. The van der Waals surface area contributed by atoms with Gasteiger partial charge in [0.25, 0.3) is 0 Å². The van der Waals surface area contributed by atoms with E-state index in [1.807, 2.05) is 11.4 Å². The van der Waals surface area contributed by atoms with Gasteiger partial charge in [-0.05, 0) is 34.7 Å². The summed E-state index contributed by atoms with van der Waals surface area (Å²) in [6.45, 7) is 0. The number of thiophene rings is 1. The second kappa shape index (κ2) is 5.28. The fourth-order valence-electron chi connectivity index (χ4n) is 2.54. The van der Waals surface area contributed by atoms with Crippen LogP contribution in [0.25, 0.3) is 5.57 Å². The first kappa shape index (κ1) is 14.8. The predicted molar refractivity (Wildman–Crippen MR) is 77.5 cm³/mol. The van der Waals surface area contributed by atoms with Crippen LogP contribution in [0.5, 0.6) is 0 Å². The van der Waals surface area contributed by atoms with Gasteiger partial charge in [-0.25, -0.2) is 4.79 Å². The van der Waals surface area contributed by atoms with Gasteiger partial charge in [0.2, 0.25) is 0 Å². The highest BCUT2D eigenvalue weighted by Gasteiger charge is 2.32. The molecule has 0 N–H and O–H groups in total. The molecule has 0 fully saturated rings. The average molecular weight is 324 g/mol. The highest BCUT2D eigenvalue weighted by molar-refractivity contribution is 7.11. The number of esters is 1. The van der Waals surface area contributed by atoms with Gasteiger partial charge in [0.1, 0.15) is 0 Å². The molecule has 0 spiro atoms. The molecule has 2 nitrogen and oxygen atoms in total. The molecule has 22 heavy (non-hydrogen) atoms. The molecule has 0 radical (unpaired) electrons. The summed E-state index contributed by atoms with van der Waals surface area (Å²) in [5, 5.41) is 1.91. The monoisotopic (exact) mass is 324 g/mol. The first-order valence-corrected chi connectivity index (χ1v) is 7.35. The molecule has 0 saturated heterocycles. The summed E-state index contributed by atoms with van der Waals surface area (Å²) in [4.78, 5) is 12.9. The molecule has 0 saturated carbocycles. The Morgan fingerprint density at radius 2 is 1.86 bits per heavy atom. The van der Waals surface area contributed by atoms with E-state index in [4.69, 9.17) is 4.74 Å². The molecule has 1 aromatic heterocycles. The smallest absolute Gasteiger partial charge is 0.416 e. The lowest BCUT2D eigenvalue weighted by molar-refractivity contribution is -0.138. The minimum atomic E-state index is -4.37. The molecule has 0 aliphatic heterocycles. The number of benzene rings is 1. The Labute approximate surface area is 128 Å². The standard InChI is InChI=1S/C16H11F3O2S/c1-21-15(20)12-8-10-6-7-22-14(10)13(12)9-2-4-11(5-3-9)16(17,18)19/h2-7H,8H2,1H3. The summed E-state index contributed by atoms with van der Waals surface area (Å²) in [6, 6.07) is 6.78. The van der Waals surface area contributed by atoms with Crippen LogP contribution in [-0.2, 0) is 22.1 Å². The van der Waals surface area contributed by atoms with Crippen LogP contribution in [0.3, 0.4) is 0 Å². The largest absolute Gasteiger partial charge is 0.466 e. The summed E-state index contributed by atoms with van der Waals surface area (Å²) in [7, 11) is 1.30. The third-order valence-electron chi connectivity index (χ3n) is 3.58. The van der Waals surface area contributed by atoms with E-state index < -0.39 is 17.7 Å². The van der Waals surface area contributed by atoms with Crippen molar-refractivity contribution in [2.75, 3.05) is 7.11 Å². The van der Waals surface area contributed by atoms with Crippen LogP contribution in [0.1, 0.15) is 21.6 Å². The summed E-state index contributed by atoms with van der Waals surface area (Å²) in [5.41, 5.74) is 2.05. The van der Waals surface area contributed by atoms with Crippen molar-refractivity contribution in [2.45, 2.75) is 12.6 Å². The Hall–Kier alpha value is -2.08. The summed E-state index contributed by atoms with van der Waals surface area (Å²) < 4.78 is 42.8. The van der Waals surface area contributed by atoms with Gasteiger partial charge in [-0.1, -0.05) is 12.1 Å². The van der Waals surface area contributed by atoms with E-state index >= 15 is 0 Å². The quantitative estimate of drug-likeness (QED) is 0.770. The van der Waals surface area contributed by atoms with Crippen molar-refractivity contribution in [3.63, 3.8) is 0 Å². The number of carbonyl (C=O) groups excluding carboxylic acids is 1. The zero-order chi connectivity index (χ0) is 15.9. The van der Waals surface area contributed by atoms with Gasteiger partial charge in [0, 0.05) is 16.9 Å². The third kappa shape index (κ3) is 2.43. The number of hydrogen-bond donors (Lipinski definition) is 0. The van der Waals surface area contributed by atoms with Crippen molar-refractivity contribution in [2.24, 2.45) is 0 Å². The first-order valence-electron chi connectivity index (χ1n) is 6.47. The fraction of sp³-hybridized carbons (Fsp3) is 0.188. The zero-order valence-corrected chi connectivity index (χ0v) is 12.3. The fourth-order valence-corrected chi connectivity index (χ4v) is 3.56. The Bertz CT molecular complexity index is 754. The Kier molecular flexibility index (Phi) is 3.56. The molecule has 1 heterocycles. The zero-order valence-electron chi connectivity index (χ0n) is 11.5. The molecule has 2 aromatic rings. The maximum absolute atomic E-state index is 12.7. The second-order valence-corrected chi connectivity index (χ2v) is 5.79. The van der Waals surface area contributed by atoms with Crippen LogP contribution >= 0.6 is 11.3 Å². The van der Waals surface area contributed by atoms with E-state index in [1.165, 1.54) is 30.6 Å². The van der Waals surface area contributed by atoms with Crippen molar-refractivity contribution < 1.29 is 22.7 Å². The number of carbonyl (C=O) groups is 1. The summed E-state index contributed by atoms with van der Waals surface area (Å²) >= 11 is 1.47. The van der Waals surface area contributed by atoms with E-state index in [9.17, 15) is 18.0 Å². The predicted octanol–water partition coefficient (Wildman–Crippen LogP) is 4.30. The molecule has 114 valence electrons. The van der Waals surface area contributed by atoms with Gasteiger partial charge < -0.3 is 4.74 Å². The van der Waals surface area contributed by atoms with Crippen molar-refractivity contribution in [1.29, 1.82) is 0 Å². The van der Waals surface area contributed by atoms with E-state index in [1.54, 1.807) is 0 Å².